The molecule has 184 valence electrons. The quantitative estimate of drug-likeness (QED) is 0.519. The molecule has 2 heterocycles. The number of aliphatic hydroxyl groups is 1. The van der Waals surface area contributed by atoms with Crippen LogP contribution in [0.15, 0.2) is 47.5 Å². The summed E-state index contributed by atoms with van der Waals surface area (Å²) in [7, 11) is 0. The van der Waals surface area contributed by atoms with Gasteiger partial charge < -0.3 is 20.1 Å². The molecule has 3 aromatic rings. The maximum absolute atomic E-state index is 13.4. The zero-order valence-electron chi connectivity index (χ0n) is 20.3. The molecule has 8 nitrogen and oxygen atoms in total. The second-order valence-electron chi connectivity index (χ2n) is 10.1. The van der Waals surface area contributed by atoms with E-state index in [1.807, 2.05) is 13.0 Å². The Balaban J connectivity index is 1.39. The van der Waals surface area contributed by atoms with Crippen molar-refractivity contribution in [3.8, 4) is 11.4 Å². The summed E-state index contributed by atoms with van der Waals surface area (Å²) in [5, 5.41) is 14.2. The van der Waals surface area contributed by atoms with Crippen molar-refractivity contribution < 1.29 is 14.6 Å². The van der Waals surface area contributed by atoms with Gasteiger partial charge in [0, 0.05) is 18.2 Å². The predicted octanol–water partition coefficient (Wildman–Crippen LogP) is 2.81. The van der Waals surface area contributed by atoms with Gasteiger partial charge in [-0.1, -0.05) is 6.07 Å². The van der Waals surface area contributed by atoms with Crippen molar-refractivity contribution in [3.05, 3.63) is 64.2 Å². The van der Waals surface area contributed by atoms with Crippen molar-refractivity contribution in [2.75, 3.05) is 26.2 Å². The lowest BCUT2D eigenvalue weighted by Gasteiger charge is -2.28. The molecule has 1 unspecified atom stereocenters. The van der Waals surface area contributed by atoms with Crippen molar-refractivity contribution in [3.63, 3.8) is 0 Å². The van der Waals surface area contributed by atoms with Crippen LogP contribution >= 0.6 is 0 Å². The molecule has 2 aliphatic rings. The molecule has 2 fully saturated rings. The van der Waals surface area contributed by atoms with E-state index in [2.05, 4.69) is 15.2 Å². The molecule has 8 heteroatoms. The van der Waals surface area contributed by atoms with E-state index in [1.165, 1.54) is 10.9 Å². The van der Waals surface area contributed by atoms with Crippen LogP contribution in [0.2, 0.25) is 0 Å². The van der Waals surface area contributed by atoms with Crippen molar-refractivity contribution >= 4 is 16.8 Å². The van der Waals surface area contributed by atoms with Crippen LogP contribution in [0, 0.1) is 6.92 Å². The fourth-order valence-corrected chi connectivity index (χ4v) is 4.58. The number of likely N-dealkylation sites (tertiary alicyclic amines) is 1. The normalized spacial score (nSPS) is 17.9. The SMILES string of the molecule is Cc1ccc(C(=O)NC2CC2)cc1-n1cnc2ccc(OCC(C)(O)CN3CCCC3)cc2c1=O. The first kappa shape index (κ1) is 23.5. The highest BCUT2D eigenvalue weighted by Gasteiger charge is 2.27. The maximum atomic E-state index is 13.4. The van der Waals surface area contributed by atoms with Crippen LogP contribution in [-0.4, -0.2) is 63.3 Å². The van der Waals surface area contributed by atoms with Gasteiger partial charge in [-0.25, -0.2) is 4.98 Å². The number of fused-ring (bicyclic) bond motifs is 1. The van der Waals surface area contributed by atoms with Crippen molar-refractivity contribution in [1.82, 2.24) is 19.8 Å². The molecule has 2 N–H and O–H groups in total. The zero-order chi connectivity index (χ0) is 24.6. The van der Waals surface area contributed by atoms with Gasteiger partial charge in [-0.3, -0.25) is 14.2 Å². The number of hydrogen-bond acceptors (Lipinski definition) is 6. The molecular weight excluding hydrogens is 444 g/mol. The second-order valence-corrected chi connectivity index (χ2v) is 10.1. The Labute approximate surface area is 204 Å². The van der Waals surface area contributed by atoms with Crippen molar-refractivity contribution in [2.45, 2.75) is 51.2 Å². The topological polar surface area (TPSA) is 96.7 Å². The number of benzene rings is 2. The third-order valence-electron chi connectivity index (χ3n) is 6.69. The third kappa shape index (κ3) is 5.39. The summed E-state index contributed by atoms with van der Waals surface area (Å²) in [5.41, 5.74) is 1.32. The number of aromatic nitrogens is 2. The van der Waals surface area contributed by atoms with Gasteiger partial charge in [0.25, 0.3) is 11.5 Å². The lowest BCUT2D eigenvalue weighted by atomic mass is 10.1. The van der Waals surface area contributed by atoms with E-state index in [0.717, 1.165) is 44.3 Å². The molecule has 0 radical (unpaired) electrons. The molecule has 0 spiro atoms. The fraction of sp³-hybridized carbons (Fsp3) is 0.444. The number of ether oxygens (including phenoxy) is 1. The van der Waals surface area contributed by atoms with E-state index < -0.39 is 5.60 Å². The minimum atomic E-state index is -0.993. The Morgan fingerprint density at radius 2 is 1.97 bits per heavy atom. The Morgan fingerprint density at radius 1 is 1.20 bits per heavy atom. The standard InChI is InChI=1S/C27H32N4O4/c1-18-5-6-19(25(32)29-20-7-8-20)13-24(18)31-17-28-23-10-9-21(14-22(23)26(31)33)35-16-27(2,34)15-30-11-3-4-12-30/h5-6,9-10,13-14,17,20,34H,3-4,7-8,11-12,15-16H2,1-2H3,(H,29,32). The minimum Gasteiger partial charge on any atom is -0.491 e. The number of carbonyl (C=O) groups excluding carboxylic acids is 1. The van der Waals surface area contributed by atoms with Crippen molar-refractivity contribution in [2.24, 2.45) is 0 Å². The molecule has 1 aromatic heterocycles. The molecule has 1 aliphatic heterocycles. The van der Waals surface area contributed by atoms with Gasteiger partial charge in [0.1, 0.15) is 24.3 Å². The van der Waals surface area contributed by atoms with Crippen LogP contribution in [0.25, 0.3) is 16.6 Å². The first-order valence-electron chi connectivity index (χ1n) is 12.3. The predicted molar refractivity (Wildman–Crippen MR) is 134 cm³/mol. The Kier molecular flexibility index (Phi) is 6.34. The molecule has 1 saturated carbocycles. The summed E-state index contributed by atoms with van der Waals surface area (Å²) in [5.74, 6) is 0.373. The largest absolute Gasteiger partial charge is 0.491 e. The number of carbonyl (C=O) groups is 1. The highest BCUT2D eigenvalue weighted by molar-refractivity contribution is 5.95. The number of nitrogens with one attached hydrogen (secondary N) is 1. The summed E-state index contributed by atoms with van der Waals surface area (Å²) in [6, 6.07) is 10.8. The molecule has 35 heavy (non-hydrogen) atoms. The Bertz CT molecular complexity index is 1310. The summed E-state index contributed by atoms with van der Waals surface area (Å²) < 4.78 is 7.37. The smallest absolute Gasteiger partial charge is 0.265 e. The van der Waals surface area contributed by atoms with E-state index >= 15 is 0 Å². The van der Waals surface area contributed by atoms with Crippen LogP contribution in [0.1, 0.15) is 48.5 Å². The van der Waals surface area contributed by atoms with E-state index in [-0.39, 0.29) is 24.1 Å². The highest BCUT2D eigenvalue weighted by atomic mass is 16.5. The van der Waals surface area contributed by atoms with E-state index in [9.17, 15) is 14.7 Å². The van der Waals surface area contributed by atoms with Crippen LogP contribution in [0.4, 0.5) is 0 Å². The number of hydrogen-bond donors (Lipinski definition) is 2. The molecule has 1 amide bonds. The summed E-state index contributed by atoms with van der Waals surface area (Å²) in [4.78, 5) is 32.7. The first-order chi connectivity index (χ1) is 16.8. The van der Waals surface area contributed by atoms with Gasteiger partial charge >= 0.3 is 0 Å². The maximum Gasteiger partial charge on any atom is 0.265 e. The summed E-state index contributed by atoms with van der Waals surface area (Å²) in [6.07, 6.45) is 5.84. The number of aryl methyl sites for hydroxylation is 1. The second kappa shape index (κ2) is 9.43. The molecule has 1 saturated heterocycles. The van der Waals surface area contributed by atoms with Crippen LogP contribution < -0.4 is 15.6 Å². The molecule has 2 aromatic carbocycles. The summed E-state index contributed by atoms with van der Waals surface area (Å²) in [6.45, 7) is 6.35. The van der Waals surface area contributed by atoms with Gasteiger partial charge in [-0.05, 0) is 88.5 Å². The van der Waals surface area contributed by atoms with Crippen molar-refractivity contribution in [1.29, 1.82) is 0 Å². The van der Waals surface area contributed by atoms with Gasteiger partial charge in [-0.15, -0.1) is 0 Å². The molecule has 5 rings (SSSR count). The average molecular weight is 477 g/mol. The van der Waals surface area contributed by atoms with E-state index in [1.54, 1.807) is 37.3 Å². The average Bonchev–Trinajstić information content (AvgIpc) is 3.51. The van der Waals surface area contributed by atoms with Gasteiger partial charge in [0.2, 0.25) is 0 Å². The van der Waals surface area contributed by atoms with E-state index in [4.69, 9.17) is 4.74 Å². The highest BCUT2D eigenvalue weighted by Crippen LogP contribution is 2.23. The number of β-amino-alcohol motifs (C(OH)–C–C–N with tert-alkyl or cyclic N) is 1. The van der Waals surface area contributed by atoms with Gasteiger partial charge in [0.05, 0.1) is 16.6 Å². The number of rotatable bonds is 8. The van der Waals surface area contributed by atoms with Gasteiger partial charge in [0.15, 0.2) is 0 Å². The van der Waals surface area contributed by atoms with Crippen LogP contribution in [0.5, 0.6) is 5.75 Å². The van der Waals surface area contributed by atoms with E-state index in [0.29, 0.717) is 34.4 Å². The lowest BCUT2D eigenvalue weighted by Crippen LogP contribution is -2.44. The summed E-state index contributed by atoms with van der Waals surface area (Å²) >= 11 is 0. The molecule has 1 aliphatic carbocycles. The molecule has 1 atom stereocenters. The van der Waals surface area contributed by atoms with Crippen LogP contribution in [0.3, 0.4) is 0 Å². The zero-order valence-corrected chi connectivity index (χ0v) is 20.3. The minimum absolute atomic E-state index is 0.126. The number of nitrogens with zero attached hydrogens (tertiary/aromatic N) is 3. The first-order valence-corrected chi connectivity index (χ1v) is 12.3. The molecule has 0 bridgehead atoms. The molecular formula is C27H32N4O4. The number of amides is 1. The van der Waals surface area contributed by atoms with Gasteiger partial charge in [-0.2, -0.15) is 0 Å². The monoisotopic (exact) mass is 476 g/mol. The fourth-order valence-electron chi connectivity index (χ4n) is 4.58. The third-order valence-corrected chi connectivity index (χ3v) is 6.69. The Morgan fingerprint density at radius 3 is 2.71 bits per heavy atom. The Hall–Kier alpha value is -3.23. The van der Waals surface area contributed by atoms with Crippen LogP contribution in [-0.2, 0) is 0 Å². The lowest BCUT2D eigenvalue weighted by molar-refractivity contribution is -0.0127.